The molecule has 0 bridgehead atoms. The molecule has 0 fully saturated rings. The third-order valence-electron chi connectivity index (χ3n) is 2.64. The first-order chi connectivity index (χ1) is 8.61. The molecule has 18 heavy (non-hydrogen) atoms. The van der Waals surface area contributed by atoms with Crippen LogP contribution in [0.3, 0.4) is 0 Å². The summed E-state index contributed by atoms with van der Waals surface area (Å²) < 4.78 is 18.5. The lowest BCUT2D eigenvalue weighted by atomic mass is 10.1. The standard InChI is InChI=1S/C14H14FNO2/c1-3-18-14(17)13(15)11-6-7-12-10(8-11)5-4-9(2)16-12/h4-8,13H,3H2,1-2H3. The highest BCUT2D eigenvalue weighted by molar-refractivity contribution is 5.82. The summed E-state index contributed by atoms with van der Waals surface area (Å²) >= 11 is 0. The first-order valence-corrected chi connectivity index (χ1v) is 5.80. The molecule has 0 radical (unpaired) electrons. The molecule has 1 atom stereocenters. The number of aromatic nitrogens is 1. The van der Waals surface area contributed by atoms with Crippen LogP contribution in [0.2, 0.25) is 0 Å². The van der Waals surface area contributed by atoms with Gasteiger partial charge in [0.25, 0.3) is 0 Å². The predicted molar refractivity (Wildman–Crippen MR) is 67.0 cm³/mol. The monoisotopic (exact) mass is 247 g/mol. The van der Waals surface area contributed by atoms with Crippen LogP contribution in [0.25, 0.3) is 10.9 Å². The molecule has 94 valence electrons. The minimum Gasteiger partial charge on any atom is -0.464 e. The zero-order valence-corrected chi connectivity index (χ0v) is 10.3. The molecule has 0 N–H and O–H groups in total. The molecule has 0 saturated carbocycles. The molecule has 4 heteroatoms. The largest absolute Gasteiger partial charge is 0.464 e. The summed E-state index contributed by atoms with van der Waals surface area (Å²) in [6.07, 6.45) is -1.74. The van der Waals surface area contributed by atoms with Gasteiger partial charge in [-0.15, -0.1) is 0 Å². The molecule has 0 aliphatic heterocycles. The van der Waals surface area contributed by atoms with E-state index in [2.05, 4.69) is 9.72 Å². The van der Waals surface area contributed by atoms with Gasteiger partial charge in [-0.05, 0) is 37.6 Å². The van der Waals surface area contributed by atoms with E-state index in [1.54, 1.807) is 25.1 Å². The number of fused-ring (bicyclic) bond motifs is 1. The van der Waals surface area contributed by atoms with Crippen LogP contribution in [0.1, 0.15) is 24.4 Å². The summed E-state index contributed by atoms with van der Waals surface area (Å²) in [4.78, 5) is 15.6. The van der Waals surface area contributed by atoms with Gasteiger partial charge in [0.1, 0.15) is 0 Å². The highest BCUT2D eigenvalue weighted by atomic mass is 19.1. The summed E-state index contributed by atoms with van der Waals surface area (Å²) in [6.45, 7) is 3.72. The van der Waals surface area contributed by atoms with Crippen molar-refractivity contribution in [3.05, 3.63) is 41.6 Å². The highest BCUT2D eigenvalue weighted by Gasteiger charge is 2.21. The Morgan fingerprint density at radius 2 is 2.17 bits per heavy atom. The summed E-state index contributed by atoms with van der Waals surface area (Å²) in [5.74, 6) is -0.850. The van der Waals surface area contributed by atoms with E-state index in [0.717, 1.165) is 16.6 Å². The maximum Gasteiger partial charge on any atom is 0.345 e. The molecule has 0 saturated heterocycles. The number of ether oxygens (including phenoxy) is 1. The van der Waals surface area contributed by atoms with Crippen molar-refractivity contribution in [1.29, 1.82) is 0 Å². The number of esters is 1. The Labute approximate surface area is 105 Å². The van der Waals surface area contributed by atoms with Gasteiger partial charge >= 0.3 is 5.97 Å². The van der Waals surface area contributed by atoms with Gasteiger partial charge in [0.2, 0.25) is 6.17 Å². The molecular formula is C14H14FNO2. The zero-order valence-electron chi connectivity index (χ0n) is 10.3. The van der Waals surface area contributed by atoms with Gasteiger partial charge in [-0.1, -0.05) is 12.1 Å². The fraction of sp³-hybridized carbons (Fsp3) is 0.286. The van der Waals surface area contributed by atoms with Crippen LogP contribution in [0.15, 0.2) is 30.3 Å². The number of hydrogen-bond acceptors (Lipinski definition) is 3. The molecule has 1 unspecified atom stereocenters. The number of carbonyl (C=O) groups is 1. The molecule has 1 aromatic heterocycles. The average molecular weight is 247 g/mol. The van der Waals surface area contributed by atoms with Crippen molar-refractivity contribution >= 4 is 16.9 Å². The Kier molecular flexibility index (Phi) is 3.55. The summed E-state index contributed by atoms with van der Waals surface area (Å²) in [7, 11) is 0. The van der Waals surface area contributed by atoms with Gasteiger partial charge in [-0.2, -0.15) is 0 Å². The molecule has 2 aromatic rings. The van der Waals surface area contributed by atoms with Crippen molar-refractivity contribution in [2.75, 3.05) is 6.61 Å². The number of carbonyl (C=O) groups excluding carboxylic acids is 1. The van der Waals surface area contributed by atoms with E-state index in [4.69, 9.17) is 0 Å². The Balaban J connectivity index is 2.35. The summed E-state index contributed by atoms with van der Waals surface area (Å²) in [5.41, 5.74) is 1.99. The van der Waals surface area contributed by atoms with Crippen molar-refractivity contribution in [3.8, 4) is 0 Å². The number of nitrogens with zero attached hydrogens (tertiary/aromatic N) is 1. The van der Waals surface area contributed by atoms with Crippen molar-refractivity contribution in [1.82, 2.24) is 4.98 Å². The second kappa shape index (κ2) is 5.12. The van der Waals surface area contributed by atoms with Gasteiger partial charge in [-0.25, -0.2) is 9.18 Å². The van der Waals surface area contributed by atoms with Gasteiger partial charge in [0.15, 0.2) is 0 Å². The molecule has 0 aliphatic rings. The van der Waals surface area contributed by atoms with E-state index in [0.29, 0.717) is 5.56 Å². The Morgan fingerprint density at radius 3 is 2.89 bits per heavy atom. The average Bonchev–Trinajstić information content (AvgIpc) is 2.37. The number of pyridine rings is 1. The highest BCUT2D eigenvalue weighted by Crippen LogP contribution is 2.23. The minimum absolute atomic E-state index is 0.174. The fourth-order valence-corrected chi connectivity index (χ4v) is 1.76. The SMILES string of the molecule is CCOC(=O)C(F)c1ccc2nc(C)ccc2c1. The van der Waals surface area contributed by atoms with Crippen molar-refractivity contribution in [3.63, 3.8) is 0 Å². The van der Waals surface area contributed by atoms with E-state index in [9.17, 15) is 9.18 Å². The number of halogens is 1. The van der Waals surface area contributed by atoms with Gasteiger partial charge in [0.05, 0.1) is 12.1 Å². The maximum absolute atomic E-state index is 13.8. The maximum atomic E-state index is 13.8. The zero-order chi connectivity index (χ0) is 13.1. The van der Waals surface area contributed by atoms with Crippen molar-refractivity contribution in [2.45, 2.75) is 20.0 Å². The third-order valence-corrected chi connectivity index (χ3v) is 2.64. The molecule has 3 nitrogen and oxygen atoms in total. The van der Waals surface area contributed by atoms with E-state index < -0.39 is 12.1 Å². The van der Waals surface area contributed by atoms with Crippen molar-refractivity contribution < 1.29 is 13.9 Å². The third kappa shape index (κ3) is 2.47. The summed E-state index contributed by atoms with van der Waals surface area (Å²) in [5, 5.41) is 0.810. The molecule has 0 spiro atoms. The lowest BCUT2D eigenvalue weighted by Gasteiger charge is -2.08. The fourth-order valence-electron chi connectivity index (χ4n) is 1.76. The predicted octanol–water partition coefficient (Wildman–Crippen LogP) is 3.12. The Bertz CT molecular complexity index is 583. The van der Waals surface area contributed by atoms with Crippen LogP contribution in [0.5, 0.6) is 0 Å². The van der Waals surface area contributed by atoms with Crippen molar-refractivity contribution in [2.24, 2.45) is 0 Å². The molecule has 2 rings (SSSR count). The van der Waals surface area contributed by atoms with Crippen LogP contribution >= 0.6 is 0 Å². The van der Waals surface area contributed by atoms with Crippen LogP contribution in [0, 0.1) is 6.92 Å². The van der Waals surface area contributed by atoms with E-state index in [1.165, 1.54) is 0 Å². The van der Waals surface area contributed by atoms with E-state index >= 15 is 0 Å². The minimum atomic E-state index is -1.74. The number of aryl methyl sites for hydroxylation is 1. The van der Waals surface area contributed by atoms with Crippen LogP contribution in [0.4, 0.5) is 4.39 Å². The van der Waals surface area contributed by atoms with Crippen LogP contribution < -0.4 is 0 Å². The molecular weight excluding hydrogens is 233 g/mol. The molecule has 0 aliphatic carbocycles. The number of hydrogen-bond donors (Lipinski definition) is 0. The Morgan fingerprint density at radius 1 is 1.39 bits per heavy atom. The number of benzene rings is 1. The quantitative estimate of drug-likeness (QED) is 0.782. The number of alkyl halides is 1. The molecule has 1 aromatic carbocycles. The smallest absolute Gasteiger partial charge is 0.345 e. The lowest BCUT2D eigenvalue weighted by molar-refractivity contribution is -0.149. The Hall–Kier alpha value is -1.97. The van der Waals surface area contributed by atoms with E-state index in [-0.39, 0.29) is 6.61 Å². The second-order valence-corrected chi connectivity index (χ2v) is 4.02. The first kappa shape index (κ1) is 12.5. The van der Waals surface area contributed by atoms with Gasteiger partial charge < -0.3 is 4.74 Å². The second-order valence-electron chi connectivity index (χ2n) is 4.02. The lowest BCUT2D eigenvalue weighted by Crippen LogP contribution is -2.11. The first-order valence-electron chi connectivity index (χ1n) is 5.80. The van der Waals surface area contributed by atoms with Gasteiger partial charge in [-0.3, -0.25) is 4.98 Å². The molecule has 1 heterocycles. The normalized spacial score (nSPS) is 12.4. The molecule has 0 amide bonds. The van der Waals surface area contributed by atoms with Crippen LogP contribution in [-0.2, 0) is 9.53 Å². The number of rotatable bonds is 3. The van der Waals surface area contributed by atoms with E-state index in [1.807, 2.05) is 19.1 Å². The van der Waals surface area contributed by atoms with Crippen LogP contribution in [-0.4, -0.2) is 17.6 Å². The topological polar surface area (TPSA) is 39.2 Å². The van der Waals surface area contributed by atoms with Gasteiger partial charge in [0, 0.05) is 11.1 Å². The summed E-state index contributed by atoms with van der Waals surface area (Å²) in [6, 6.07) is 8.62.